The Labute approximate surface area is 129 Å². The van der Waals surface area contributed by atoms with E-state index in [0.717, 1.165) is 0 Å². The Hall–Kier alpha value is -1.80. The number of sulfone groups is 1. The fourth-order valence-electron chi connectivity index (χ4n) is 2.44. The average Bonchev–Trinajstić information content (AvgIpc) is 2.73. The molecule has 0 saturated carbocycles. The maximum Gasteiger partial charge on any atom is 0.414 e. The van der Waals surface area contributed by atoms with Crippen LogP contribution in [-0.2, 0) is 14.6 Å². The summed E-state index contributed by atoms with van der Waals surface area (Å²) in [5, 5.41) is 10.0. The molecule has 2 atom stereocenters. The number of ether oxygens (including phenoxy) is 2. The lowest BCUT2D eigenvalue weighted by atomic mass is 10.1. The largest absolute Gasteiger partial charge is 0.497 e. The number of hydrogen-bond acceptors (Lipinski definition) is 6. The van der Waals surface area contributed by atoms with Gasteiger partial charge in [0, 0.05) is 6.07 Å². The lowest BCUT2D eigenvalue weighted by Gasteiger charge is -2.29. The van der Waals surface area contributed by atoms with Gasteiger partial charge in [0.2, 0.25) is 0 Å². The van der Waals surface area contributed by atoms with E-state index < -0.39 is 28.1 Å². The number of benzene rings is 1. The zero-order valence-electron chi connectivity index (χ0n) is 12.4. The van der Waals surface area contributed by atoms with Crippen LogP contribution in [0.1, 0.15) is 6.92 Å². The zero-order chi connectivity index (χ0) is 16.3. The molecule has 22 heavy (non-hydrogen) atoms. The molecule has 0 aliphatic carbocycles. The van der Waals surface area contributed by atoms with Crippen molar-refractivity contribution in [2.45, 2.75) is 19.1 Å². The summed E-state index contributed by atoms with van der Waals surface area (Å²) < 4.78 is 33.6. The first-order valence-electron chi connectivity index (χ1n) is 6.86. The first-order chi connectivity index (χ1) is 10.4. The smallest absolute Gasteiger partial charge is 0.414 e. The van der Waals surface area contributed by atoms with Crippen molar-refractivity contribution in [1.29, 1.82) is 0 Å². The third kappa shape index (κ3) is 3.50. The van der Waals surface area contributed by atoms with Crippen molar-refractivity contribution in [1.82, 2.24) is 0 Å². The van der Waals surface area contributed by atoms with Crippen LogP contribution in [0.4, 0.5) is 10.5 Å². The Kier molecular flexibility index (Phi) is 4.92. The summed E-state index contributed by atoms with van der Waals surface area (Å²) in [6.07, 6.45) is -1.85. The summed E-state index contributed by atoms with van der Waals surface area (Å²) in [5.41, 5.74) is 0.416. The molecule has 1 N–H and O–H groups in total. The summed E-state index contributed by atoms with van der Waals surface area (Å²) in [7, 11) is -1.90. The van der Waals surface area contributed by atoms with Gasteiger partial charge in [-0.05, 0) is 19.1 Å². The Bertz CT molecular complexity index is 644. The van der Waals surface area contributed by atoms with Crippen LogP contribution in [0.15, 0.2) is 24.3 Å². The highest BCUT2D eigenvalue weighted by Gasteiger charge is 2.43. The molecule has 122 valence electrons. The number of nitrogens with zero attached hydrogens (tertiary/aromatic N) is 1. The van der Waals surface area contributed by atoms with Crippen molar-refractivity contribution in [3.8, 4) is 5.75 Å². The molecular weight excluding hydrogens is 310 g/mol. The molecule has 8 heteroatoms. The second-order valence-corrected chi connectivity index (χ2v) is 7.14. The lowest BCUT2D eigenvalue weighted by molar-refractivity contribution is 0.141. The molecular formula is C14H19NO6S. The second-order valence-electron chi connectivity index (χ2n) is 4.98. The molecule has 2 rings (SSSR count). The van der Waals surface area contributed by atoms with Gasteiger partial charge >= 0.3 is 6.09 Å². The second kappa shape index (κ2) is 6.53. The van der Waals surface area contributed by atoms with Crippen LogP contribution in [0, 0.1) is 0 Å². The molecule has 1 aromatic carbocycles. The van der Waals surface area contributed by atoms with E-state index in [-0.39, 0.29) is 18.1 Å². The minimum Gasteiger partial charge on any atom is -0.497 e. The average molecular weight is 329 g/mol. The number of carbonyl (C=O) groups excluding carboxylic acids is 1. The van der Waals surface area contributed by atoms with Gasteiger partial charge in [-0.3, -0.25) is 4.90 Å². The van der Waals surface area contributed by atoms with Crippen molar-refractivity contribution in [3.63, 3.8) is 0 Å². The molecule has 7 nitrogen and oxygen atoms in total. The zero-order valence-corrected chi connectivity index (χ0v) is 13.2. The van der Waals surface area contributed by atoms with Crippen LogP contribution in [0.3, 0.4) is 0 Å². The molecule has 1 saturated heterocycles. The Morgan fingerprint density at radius 3 is 2.68 bits per heavy atom. The number of anilines is 1. The van der Waals surface area contributed by atoms with Gasteiger partial charge in [0.25, 0.3) is 0 Å². The van der Waals surface area contributed by atoms with Crippen LogP contribution in [-0.4, -0.2) is 57.0 Å². The molecule has 1 aromatic rings. The van der Waals surface area contributed by atoms with Crippen LogP contribution in [0.5, 0.6) is 5.75 Å². The normalized spacial score (nSPS) is 23.0. The van der Waals surface area contributed by atoms with Crippen molar-refractivity contribution >= 4 is 21.6 Å². The monoisotopic (exact) mass is 329 g/mol. The van der Waals surface area contributed by atoms with Crippen molar-refractivity contribution in [2.24, 2.45) is 0 Å². The number of aliphatic hydroxyl groups excluding tert-OH is 1. The van der Waals surface area contributed by atoms with Gasteiger partial charge < -0.3 is 14.6 Å². The van der Waals surface area contributed by atoms with Gasteiger partial charge in [-0.25, -0.2) is 13.2 Å². The van der Waals surface area contributed by atoms with Crippen molar-refractivity contribution in [3.05, 3.63) is 24.3 Å². The predicted octanol–water partition coefficient (Wildman–Crippen LogP) is 0.816. The molecule has 0 radical (unpaired) electrons. The Morgan fingerprint density at radius 2 is 2.14 bits per heavy atom. The molecule has 1 heterocycles. The van der Waals surface area contributed by atoms with E-state index in [2.05, 4.69) is 0 Å². The first-order valence-corrected chi connectivity index (χ1v) is 8.68. The van der Waals surface area contributed by atoms with Crippen LogP contribution in [0.25, 0.3) is 0 Å². The van der Waals surface area contributed by atoms with Gasteiger partial charge in [0.1, 0.15) is 5.75 Å². The maximum atomic E-state index is 12.2. The van der Waals surface area contributed by atoms with Crippen molar-refractivity contribution < 1.29 is 27.8 Å². The molecule has 1 aliphatic heterocycles. The Morgan fingerprint density at radius 1 is 1.41 bits per heavy atom. The van der Waals surface area contributed by atoms with Gasteiger partial charge in [0.05, 0.1) is 43.1 Å². The fourth-order valence-corrected chi connectivity index (χ4v) is 4.21. The van der Waals surface area contributed by atoms with Gasteiger partial charge in [-0.1, -0.05) is 6.07 Å². The lowest BCUT2D eigenvalue weighted by Crippen LogP contribution is -2.47. The molecule has 2 unspecified atom stereocenters. The van der Waals surface area contributed by atoms with E-state index in [1.807, 2.05) is 0 Å². The number of hydrogen-bond donors (Lipinski definition) is 1. The third-order valence-corrected chi connectivity index (χ3v) is 5.12. The number of aliphatic hydroxyl groups is 1. The highest BCUT2D eigenvalue weighted by Crippen LogP contribution is 2.28. The highest BCUT2D eigenvalue weighted by atomic mass is 32.2. The molecule has 0 bridgehead atoms. The van der Waals surface area contributed by atoms with Crippen LogP contribution < -0.4 is 9.64 Å². The highest BCUT2D eigenvalue weighted by molar-refractivity contribution is 7.91. The molecule has 1 fully saturated rings. The van der Waals surface area contributed by atoms with E-state index in [9.17, 15) is 18.3 Å². The van der Waals surface area contributed by atoms with E-state index in [1.165, 1.54) is 12.0 Å². The molecule has 1 aliphatic rings. The van der Waals surface area contributed by atoms with Crippen LogP contribution in [0.2, 0.25) is 0 Å². The quantitative estimate of drug-likeness (QED) is 0.879. The maximum absolute atomic E-state index is 12.2. The van der Waals surface area contributed by atoms with E-state index in [4.69, 9.17) is 9.47 Å². The summed E-state index contributed by atoms with van der Waals surface area (Å²) in [6.45, 7) is 1.80. The summed E-state index contributed by atoms with van der Waals surface area (Å²) in [4.78, 5) is 13.4. The topological polar surface area (TPSA) is 93.1 Å². The molecule has 0 aromatic heterocycles. The van der Waals surface area contributed by atoms with Gasteiger partial charge in [-0.15, -0.1) is 0 Å². The third-order valence-electron chi connectivity index (χ3n) is 3.42. The van der Waals surface area contributed by atoms with Gasteiger partial charge in [0.15, 0.2) is 9.84 Å². The number of rotatable bonds is 4. The summed E-state index contributed by atoms with van der Waals surface area (Å²) >= 11 is 0. The Balaban J connectivity index is 2.40. The molecule has 0 spiro atoms. The molecule has 1 amide bonds. The first kappa shape index (κ1) is 16.6. The van der Waals surface area contributed by atoms with Crippen LogP contribution >= 0.6 is 0 Å². The van der Waals surface area contributed by atoms with Crippen molar-refractivity contribution in [2.75, 3.05) is 30.1 Å². The van der Waals surface area contributed by atoms with Gasteiger partial charge in [-0.2, -0.15) is 0 Å². The summed E-state index contributed by atoms with van der Waals surface area (Å²) in [5.74, 6) is -0.149. The minimum atomic E-state index is -3.39. The standard InChI is InChI=1S/C14H19NO6S/c1-3-21-14(17)15(10-5-4-6-11(7-10)20-2)12-8-22(18,19)9-13(12)16/h4-7,12-13,16H,3,8-9H2,1-2H3. The minimum absolute atomic E-state index is 0.148. The van der Waals surface area contributed by atoms with E-state index in [0.29, 0.717) is 11.4 Å². The van der Waals surface area contributed by atoms with E-state index >= 15 is 0 Å². The van der Waals surface area contributed by atoms with E-state index in [1.54, 1.807) is 31.2 Å². The summed E-state index contributed by atoms with van der Waals surface area (Å²) in [6, 6.07) is 5.73. The number of carbonyl (C=O) groups is 1. The SMILES string of the molecule is CCOC(=O)N(c1cccc(OC)c1)C1CS(=O)(=O)CC1O. The number of methoxy groups -OCH3 is 1. The predicted molar refractivity (Wildman–Crippen MR) is 80.9 cm³/mol. The number of amides is 1. The fraction of sp³-hybridized carbons (Fsp3) is 0.500.